The van der Waals surface area contributed by atoms with Crippen LogP contribution in [0.2, 0.25) is 0 Å². The lowest BCUT2D eigenvalue weighted by atomic mass is 10.2. The minimum Gasteiger partial charge on any atom is -0.472 e. The molecular weight excluding hydrogens is 404 g/mol. The van der Waals surface area contributed by atoms with E-state index < -0.39 is 0 Å². The number of imidazole rings is 1. The van der Waals surface area contributed by atoms with E-state index in [9.17, 15) is 0 Å². The fourth-order valence-electron chi connectivity index (χ4n) is 4.12. The van der Waals surface area contributed by atoms with E-state index in [4.69, 9.17) is 15.1 Å². The van der Waals surface area contributed by atoms with Gasteiger partial charge in [0.15, 0.2) is 17.0 Å². The minimum atomic E-state index is 0.00487. The van der Waals surface area contributed by atoms with Crippen molar-refractivity contribution in [1.29, 1.82) is 0 Å². The normalized spacial score (nSPS) is 15.3. The number of pyridine rings is 1. The highest BCUT2D eigenvalue weighted by molar-refractivity contribution is 5.84. The molecule has 166 valence electrons. The lowest BCUT2D eigenvalue weighted by Crippen LogP contribution is -2.26. The van der Waals surface area contributed by atoms with Crippen molar-refractivity contribution in [3.8, 4) is 11.3 Å². The number of anilines is 2. The van der Waals surface area contributed by atoms with Crippen molar-refractivity contribution < 1.29 is 4.42 Å². The molecule has 9 nitrogen and oxygen atoms in total. The van der Waals surface area contributed by atoms with Crippen LogP contribution in [0.3, 0.4) is 0 Å². The Balaban J connectivity index is 1.40. The quantitative estimate of drug-likeness (QED) is 0.383. The number of nitrogens with zero attached hydrogens (tertiary/aromatic N) is 5. The van der Waals surface area contributed by atoms with Gasteiger partial charge in [0.25, 0.3) is 0 Å². The van der Waals surface area contributed by atoms with Crippen molar-refractivity contribution in [3.05, 3.63) is 48.8 Å². The molecule has 0 aliphatic heterocycles. The van der Waals surface area contributed by atoms with Crippen molar-refractivity contribution in [2.75, 3.05) is 17.2 Å². The summed E-state index contributed by atoms with van der Waals surface area (Å²) in [5.74, 6) is 1.27. The first-order chi connectivity index (χ1) is 15.7. The Bertz CT molecular complexity index is 1160. The van der Waals surface area contributed by atoms with Gasteiger partial charge in [-0.1, -0.05) is 18.9 Å². The number of furan rings is 1. The molecule has 0 bridgehead atoms. The van der Waals surface area contributed by atoms with Crippen LogP contribution < -0.4 is 16.4 Å². The Hall–Kier alpha value is -3.46. The van der Waals surface area contributed by atoms with Crippen molar-refractivity contribution in [2.24, 2.45) is 5.73 Å². The van der Waals surface area contributed by atoms with Gasteiger partial charge in [0.05, 0.1) is 24.5 Å². The zero-order valence-corrected chi connectivity index (χ0v) is 18.2. The summed E-state index contributed by atoms with van der Waals surface area (Å²) < 4.78 is 7.34. The first-order valence-electron chi connectivity index (χ1n) is 11.1. The van der Waals surface area contributed by atoms with Crippen molar-refractivity contribution in [3.63, 3.8) is 0 Å². The van der Waals surface area contributed by atoms with Crippen molar-refractivity contribution in [1.82, 2.24) is 24.5 Å². The minimum absolute atomic E-state index is 0.00487. The Morgan fingerprint density at radius 3 is 2.75 bits per heavy atom. The van der Waals surface area contributed by atoms with Gasteiger partial charge >= 0.3 is 0 Å². The number of aromatic nitrogens is 5. The fraction of sp³-hybridized carbons (Fsp3) is 0.391. The molecular formula is C23H28N8O. The van der Waals surface area contributed by atoms with Gasteiger partial charge in [0, 0.05) is 36.9 Å². The Kier molecular flexibility index (Phi) is 5.72. The monoisotopic (exact) mass is 432 g/mol. The Morgan fingerprint density at radius 2 is 2.03 bits per heavy atom. The highest BCUT2D eigenvalue weighted by Crippen LogP contribution is 2.33. The van der Waals surface area contributed by atoms with Crippen LogP contribution in [0.15, 0.2) is 47.7 Å². The summed E-state index contributed by atoms with van der Waals surface area (Å²) in [6.07, 6.45) is 11.9. The van der Waals surface area contributed by atoms with Crippen LogP contribution in [0.5, 0.6) is 0 Å². The van der Waals surface area contributed by atoms with Crippen LogP contribution in [0.4, 0.5) is 11.8 Å². The summed E-state index contributed by atoms with van der Waals surface area (Å²) in [6, 6.07) is 6.39. The molecule has 1 atom stereocenters. The zero-order chi connectivity index (χ0) is 21.9. The van der Waals surface area contributed by atoms with Gasteiger partial charge in [-0.25, -0.2) is 4.98 Å². The van der Waals surface area contributed by atoms with E-state index in [1.54, 1.807) is 12.5 Å². The van der Waals surface area contributed by atoms with Gasteiger partial charge in [-0.15, -0.1) is 0 Å². The highest BCUT2D eigenvalue weighted by atomic mass is 16.3. The van der Waals surface area contributed by atoms with Crippen molar-refractivity contribution >= 4 is 22.9 Å². The number of hydrogen-bond acceptors (Lipinski definition) is 8. The Labute approximate surface area is 186 Å². The fourth-order valence-corrected chi connectivity index (χ4v) is 4.12. The van der Waals surface area contributed by atoms with Crippen LogP contribution in [0, 0.1) is 0 Å². The molecule has 1 aliphatic carbocycles. The zero-order valence-electron chi connectivity index (χ0n) is 18.2. The van der Waals surface area contributed by atoms with Gasteiger partial charge < -0.3 is 25.4 Å². The number of hydrogen-bond donors (Lipinski definition) is 3. The molecule has 1 unspecified atom stereocenters. The molecule has 1 fully saturated rings. The first-order valence-corrected chi connectivity index (χ1v) is 11.1. The number of nitrogens with one attached hydrogen (secondary N) is 2. The van der Waals surface area contributed by atoms with Crippen LogP contribution >= 0.6 is 0 Å². The molecule has 1 saturated carbocycles. The van der Waals surface area contributed by atoms with E-state index >= 15 is 0 Å². The molecule has 4 heterocycles. The smallest absolute Gasteiger partial charge is 0.226 e. The standard InChI is InChI=1S/C23H28N8O/c1-15(24)10-27-23-29-21(20-22(30-23)31(14-28-20)18-4-2-3-5-18)26-12-16-6-7-19(25-11-16)17-8-9-32-13-17/h6-9,11,13-15,18H,2-5,10,12,24H2,1H3,(H2,26,27,29,30). The molecule has 1 aliphatic rings. The maximum absolute atomic E-state index is 5.92. The first kappa shape index (κ1) is 20.4. The Morgan fingerprint density at radius 1 is 1.16 bits per heavy atom. The molecule has 0 radical (unpaired) electrons. The second-order valence-electron chi connectivity index (χ2n) is 8.43. The summed E-state index contributed by atoms with van der Waals surface area (Å²) in [5, 5.41) is 6.69. The number of fused-ring (bicyclic) bond motifs is 1. The third-order valence-electron chi connectivity index (χ3n) is 5.82. The average molecular weight is 433 g/mol. The van der Waals surface area contributed by atoms with Crippen LogP contribution in [0.25, 0.3) is 22.4 Å². The summed E-state index contributed by atoms with van der Waals surface area (Å²) in [6.45, 7) is 3.13. The molecule has 0 spiro atoms. The molecule has 32 heavy (non-hydrogen) atoms. The SMILES string of the molecule is CC(N)CNc1nc(NCc2ccc(-c3ccoc3)nc2)c2ncn(C3CCCC3)c2n1. The van der Waals surface area contributed by atoms with Gasteiger partial charge in [-0.05, 0) is 37.5 Å². The lowest BCUT2D eigenvalue weighted by Gasteiger charge is -2.14. The van der Waals surface area contributed by atoms with E-state index in [1.165, 1.54) is 12.8 Å². The second kappa shape index (κ2) is 8.96. The maximum atomic E-state index is 5.92. The summed E-state index contributed by atoms with van der Waals surface area (Å²) in [4.78, 5) is 18.7. The molecule has 0 amide bonds. The molecule has 9 heteroatoms. The largest absolute Gasteiger partial charge is 0.472 e. The van der Waals surface area contributed by atoms with Crippen LogP contribution in [-0.4, -0.2) is 37.1 Å². The molecule has 0 saturated heterocycles. The van der Waals surface area contributed by atoms with Gasteiger partial charge in [-0.3, -0.25) is 4.98 Å². The third-order valence-corrected chi connectivity index (χ3v) is 5.82. The predicted octanol–water partition coefficient (Wildman–Crippen LogP) is 3.97. The summed E-state index contributed by atoms with van der Waals surface area (Å²) in [7, 11) is 0. The molecule has 0 aromatic carbocycles. The van der Waals surface area contributed by atoms with Crippen LogP contribution in [-0.2, 0) is 6.54 Å². The van der Waals surface area contributed by atoms with E-state index in [2.05, 4.69) is 30.2 Å². The molecule has 4 aromatic heterocycles. The second-order valence-corrected chi connectivity index (χ2v) is 8.43. The van der Waals surface area contributed by atoms with Crippen molar-refractivity contribution in [2.45, 2.75) is 51.2 Å². The third kappa shape index (κ3) is 4.29. The van der Waals surface area contributed by atoms with Gasteiger partial charge in [-0.2, -0.15) is 9.97 Å². The van der Waals surface area contributed by atoms with Crippen LogP contribution in [0.1, 0.15) is 44.2 Å². The molecule has 4 aromatic rings. The topological polar surface area (TPSA) is 120 Å². The van der Waals surface area contributed by atoms with E-state index in [0.29, 0.717) is 30.9 Å². The van der Waals surface area contributed by atoms with E-state index in [1.807, 2.05) is 37.6 Å². The number of rotatable bonds is 8. The lowest BCUT2D eigenvalue weighted by molar-refractivity contribution is 0.529. The maximum Gasteiger partial charge on any atom is 0.226 e. The van der Waals surface area contributed by atoms with E-state index in [0.717, 1.165) is 40.8 Å². The predicted molar refractivity (Wildman–Crippen MR) is 124 cm³/mol. The highest BCUT2D eigenvalue weighted by Gasteiger charge is 2.22. The number of nitrogens with two attached hydrogens (primary N) is 1. The summed E-state index contributed by atoms with van der Waals surface area (Å²) in [5.41, 5.74) is 10.4. The average Bonchev–Trinajstić information content (AvgIpc) is 3.57. The molecule has 5 rings (SSSR count). The van der Waals surface area contributed by atoms with E-state index in [-0.39, 0.29) is 6.04 Å². The summed E-state index contributed by atoms with van der Waals surface area (Å²) >= 11 is 0. The molecule has 4 N–H and O–H groups in total. The van der Waals surface area contributed by atoms with Gasteiger partial charge in [0.2, 0.25) is 5.95 Å². The van der Waals surface area contributed by atoms with Gasteiger partial charge in [0.1, 0.15) is 0 Å².